The van der Waals surface area contributed by atoms with Crippen LogP contribution in [-0.2, 0) is 21.5 Å². The van der Waals surface area contributed by atoms with Crippen molar-refractivity contribution in [3.05, 3.63) is 41.4 Å². The molecule has 1 amide bonds. The Kier molecular flexibility index (Phi) is 4.99. The van der Waals surface area contributed by atoms with E-state index in [-0.39, 0.29) is 18.0 Å². The summed E-state index contributed by atoms with van der Waals surface area (Å²) in [5, 5.41) is 0. The van der Waals surface area contributed by atoms with Gasteiger partial charge in [0.1, 0.15) is 5.82 Å². The summed E-state index contributed by atoms with van der Waals surface area (Å²) >= 11 is 0. The highest BCUT2D eigenvalue weighted by Crippen LogP contribution is 2.24. The molecule has 1 aromatic carbocycles. The Morgan fingerprint density at radius 3 is 2.50 bits per heavy atom. The maximum absolute atomic E-state index is 14.6. The SMILES string of the molecule is CC(=O)N1CCN(c2ccc(CN3C(C)=CC=NS3(=O)=O)c(F)c2)CC1. The standard InChI is InChI=1S/C17H21FN4O3S/c1-13-5-6-19-26(24,25)22(13)12-15-3-4-16(11-17(15)18)21-9-7-20(8-10-21)14(2)23/h3-6,11H,7-10,12H2,1-2H3. The minimum absolute atomic E-state index is 0.0417. The Morgan fingerprint density at radius 1 is 1.23 bits per heavy atom. The van der Waals surface area contributed by atoms with Crippen LogP contribution in [0.25, 0.3) is 0 Å². The Labute approximate surface area is 152 Å². The fraction of sp³-hybridized carbons (Fsp3) is 0.412. The Bertz CT molecular complexity index is 874. The number of nitrogens with zero attached hydrogens (tertiary/aromatic N) is 4. The van der Waals surface area contributed by atoms with Crippen LogP contribution >= 0.6 is 0 Å². The maximum atomic E-state index is 14.6. The van der Waals surface area contributed by atoms with Crippen molar-refractivity contribution in [1.29, 1.82) is 0 Å². The van der Waals surface area contributed by atoms with Crippen LogP contribution in [0, 0.1) is 5.82 Å². The van der Waals surface area contributed by atoms with Gasteiger partial charge in [-0.1, -0.05) is 6.07 Å². The van der Waals surface area contributed by atoms with Crippen molar-refractivity contribution in [2.24, 2.45) is 4.40 Å². The van der Waals surface area contributed by atoms with E-state index in [4.69, 9.17) is 0 Å². The number of hydrogen-bond donors (Lipinski definition) is 0. The molecule has 0 radical (unpaired) electrons. The molecule has 0 atom stereocenters. The normalized spacial score (nSPS) is 19.5. The zero-order valence-electron chi connectivity index (χ0n) is 14.7. The van der Waals surface area contributed by atoms with Gasteiger partial charge in [-0.15, -0.1) is 0 Å². The molecule has 1 saturated heterocycles. The van der Waals surface area contributed by atoms with E-state index in [1.54, 1.807) is 37.0 Å². The topological polar surface area (TPSA) is 73.3 Å². The molecule has 26 heavy (non-hydrogen) atoms. The summed E-state index contributed by atoms with van der Waals surface area (Å²) < 4.78 is 43.2. The van der Waals surface area contributed by atoms with Crippen LogP contribution in [0.1, 0.15) is 19.4 Å². The van der Waals surface area contributed by atoms with Crippen molar-refractivity contribution < 1.29 is 17.6 Å². The molecule has 2 aliphatic heterocycles. The van der Waals surface area contributed by atoms with Crippen LogP contribution in [0.2, 0.25) is 0 Å². The first-order chi connectivity index (χ1) is 12.3. The van der Waals surface area contributed by atoms with Gasteiger partial charge in [-0.2, -0.15) is 12.8 Å². The Morgan fingerprint density at radius 2 is 1.92 bits per heavy atom. The van der Waals surface area contributed by atoms with Gasteiger partial charge >= 0.3 is 10.2 Å². The number of carbonyl (C=O) groups excluding carboxylic acids is 1. The van der Waals surface area contributed by atoms with Gasteiger partial charge in [0.15, 0.2) is 0 Å². The van der Waals surface area contributed by atoms with E-state index in [1.165, 1.54) is 12.3 Å². The summed E-state index contributed by atoms with van der Waals surface area (Å²) in [4.78, 5) is 15.2. The predicted octanol–water partition coefficient (Wildman–Crippen LogP) is 1.53. The summed E-state index contributed by atoms with van der Waals surface area (Å²) in [5.41, 5.74) is 1.50. The predicted molar refractivity (Wildman–Crippen MR) is 97.6 cm³/mol. The van der Waals surface area contributed by atoms with Gasteiger partial charge in [-0.25, -0.2) is 4.39 Å². The van der Waals surface area contributed by atoms with E-state index in [2.05, 4.69) is 4.40 Å². The molecule has 0 unspecified atom stereocenters. The number of benzene rings is 1. The molecule has 2 heterocycles. The highest BCUT2D eigenvalue weighted by atomic mass is 32.2. The van der Waals surface area contributed by atoms with Crippen molar-refractivity contribution in [3.8, 4) is 0 Å². The fourth-order valence-electron chi connectivity index (χ4n) is 3.04. The summed E-state index contributed by atoms with van der Waals surface area (Å²) in [5.74, 6) is -0.422. The zero-order chi connectivity index (χ0) is 18.9. The number of carbonyl (C=O) groups is 1. The van der Waals surface area contributed by atoms with Crippen LogP contribution in [-0.4, -0.2) is 55.9 Å². The molecule has 0 aliphatic carbocycles. The van der Waals surface area contributed by atoms with E-state index < -0.39 is 16.0 Å². The van der Waals surface area contributed by atoms with E-state index in [0.29, 0.717) is 31.9 Å². The molecular weight excluding hydrogens is 359 g/mol. The molecule has 0 bridgehead atoms. The van der Waals surface area contributed by atoms with Crippen LogP contribution in [0.5, 0.6) is 0 Å². The fourth-order valence-corrected chi connectivity index (χ4v) is 4.09. The van der Waals surface area contributed by atoms with Crippen LogP contribution in [0.15, 0.2) is 34.4 Å². The van der Waals surface area contributed by atoms with Gasteiger partial charge in [0, 0.05) is 56.3 Å². The van der Waals surface area contributed by atoms with Crippen molar-refractivity contribution in [2.75, 3.05) is 31.1 Å². The number of piperazine rings is 1. The largest absolute Gasteiger partial charge is 0.368 e. The van der Waals surface area contributed by atoms with Crippen LogP contribution < -0.4 is 4.90 Å². The second kappa shape index (κ2) is 7.06. The minimum atomic E-state index is -3.81. The average molecular weight is 380 g/mol. The molecule has 2 aliphatic rings. The molecule has 0 saturated carbocycles. The molecule has 0 aromatic heterocycles. The molecule has 0 spiro atoms. The van der Waals surface area contributed by atoms with Gasteiger partial charge in [-0.3, -0.25) is 9.10 Å². The molecule has 1 aromatic rings. The molecule has 3 rings (SSSR count). The van der Waals surface area contributed by atoms with Crippen molar-refractivity contribution in [3.63, 3.8) is 0 Å². The molecular formula is C17H21FN4O3S. The van der Waals surface area contributed by atoms with E-state index in [0.717, 1.165) is 9.99 Å². The number of anilines is 1. The van der Waals surface area contributed by atoms with Crippen molar-refractivity contribution in [1.82, 2.24) is 9.21 Å². The molecule has 140 valence electrons. The van der Waals surface area contributed by atoms with E-state index >= 15 is 0 Å². The number of hydrogen-bond acceptors (Lipinski definition) is 4. The lowest BCUT2D eigenvalue weighted by Gasteiger charge is -2.35. The van der Waals surface area contributed by atoms with Crippen LogP contribution in [0.4, 0.5) is 10.1 Å². The third kappa shape index (κ3) is 3.72. The molecule has 9 heteroatoms. The Balaban J connectivity index is 1.74. The molecule has 7 nitrogen and oxygen atoms in total. The van der Waals surface area contributed by atoms with Gasteiger partial charge in [0.05, 0.1) is 6.54 Å². The minimum Gasteiger partial charge on any atom is -0.368 e. The maximum Gasteiger partial charge on any atom is 0.344 e. The molecule has 1 fully saturated rings. The highest BCUT2D eigenvalue weighted by Gasteiger charge is 2.25. The summed E-state index contributed by atoms with van der Waals surface area (Å²) in [6.07, 6.45) is 2.79. The lowest BCUT2D eigenvalue weighted by molar-refractivity contribution is -0.129. The lowest BCUT2D eigenvalue weighted by atomic mass is 10.1. The van der Waals surface area contributed by atoms with Crippen molar-refractivity contribution in [2.45, 2.75) is 20.4 Å². The number of amides is 1. The highest BCUT2D eigenvalue weighted by molar-refractivity contribution is 7.88. The number of rotatable bonds is 3. The average Bonchev–Trinajstić information content (AvgIpc) is 2.59. The van der Waals surface area contributed by atoms with Gasteiger partial charge in [0.2, 0.25) is 5.91 Å². The lowest BCUT2D eigenvalue weighted by Crippen LogP contribution is -2.48. The third-order valence-electron chi connectivity index (χ3n) is 4.62. The third-order valence-corrected chi connectivity index (χ3v) is 5.98. The summed E-state index contributed by atoms with van der Waals surface area (Å²) in [6.45, 7) is 5.55. The monoisotopic (exact) mass is 380 g/mol. The number of halogens is 1. The summed E-state index contributed by atoms with van der Waals surface area (Å²) in [7, 11) is -3.81. The van der Waals surface area contributed by atoms with E-state index in [1.807, 2.05) is 4.90 Å². The second-order valence-electron chi connectivity index (χ2n) is 6.32. The number of allylic oxidation sites excluding steroid dienone is 2. The first-order valence-corrected chi connectivity index (χ1v) is 9.71. The zero-order valence-corrected chi connectivity index (χ0v) is 15.5. The first-order valence-electron chi connectivity index (χ1n) is 8.32. The summed E-state index contributed by atoms with van der Waals surface area (Å²) in [6, 6.07) is 4.79. The second-order valence-corrected chi connectivity index (χ2v) is 7.86. The Hall–Kier alpha value is -2.42. The molecule has 0 N–H and O–H groups in total. The van der Waals surface area contributed by atoms with Gasteiger partial charge in [-0.05, 0) is 25.1 Å². The quantitative estimate of drug-likeness (QED) is 0.797. The van der Waals surface area contributed by atoms with Crippen LogP contribution in [0.3, 0.4) is 0 Å². The van der Waals surface area contributed by atoms with E-state index in [9.17, 15) is 17.6 Å². The first kappa shape index (κ1) is 18.4. The van der Waals surface area contributed by atoms with Gasteiger partial charge < -0.3 is 9.80 Å². The van der Waals surface area contributed by atoms with Gasteiger partial charge in [0.25, 0.3) is 0 Å². The van der Waals surface area contributed by atoms with Crippen molar-refractivity contribution >= 4 is 28.0 Å². The smallest absolute Gasteiger partial charge is 0.344 e.